The number of fused-ring (bicyclic) bond motifs is 1. The fourth-order valence-electron chi connectivity index (χ4n) is 2.72. The minimum absolute atomic E-state index is 0.00426. The second-order valence-electron chi connectivity index (χ2n) is 5.36. The van der Waals surface area contributed by atoms with Crippen LogP contribution in [0.2, 0.25) is 0 Å². The van der Waals surface area contributed by atoms with Gasteiger partial charge in [0.1, 0.15) is 5.75 Å². The Morgan fingerprint density at radius 2 is 1.80 bits per heavy atom. The van der Waals surface area contributed by atoms with E-state index in [4.69, 9.17) is 4.74 Å². The van der Waals surface area contributed by atoms with E-state index in [0.717, 1.165) is 22.6 Å². The number of anilines is 1. The van der Waals surface area contributed by atoms with Crippen LogP contribution in [0.3, 0.4) is 0 Å². The van der Waals surface area contributed by atoms with E-state index in [2.05, 4.69) is 5.32 Å². The molecule has 1 amide bonds. The fourth-order valence-corrected chi connectivity index (χ4v) is 2.72. The lowest BCUT2D eigenvalue weighted by Gasteiger charge is -2.23. The molecule has 1 unspecified atom stereocenters. The zero-order valence-corrected chi connectivity index (χ0v) is 11.9. The monoisotopic (exact) mass is 267 g/mol. The van der Waals surface area contributed by atoms with Crippen LogP contribution in [0, 0.1) is 6.92 Å². The van der Waals surface area contributed by atoms with E-state index in [-0.39, 0.29) is 5.91 Å². The number of nitrogens with one attached hydrogen (secondary N) is 1. The van der Waals surface area contributed by atoms with E-state index in [1.54, 1.807) is 7.11 Å². The van der Waals surface area contributed by atoms with Gasteiger partial charge in [0.15, 0.2) is 0 Å². The molecule has 102 valence electrons. The second kappa shape index (κ2) is 4.37. The highest BCUT2D eigenvalue weighted by atomic mass is 16.5. The minimum Gasteiger partial charge on any atom is -0.497 e. The minimum atomic E-state index is -0.669. The van der Waals surface area contributed by atoms with E-state index >= 15 is 0 Å². The molecule has 3 rings (SSSR count). The lowest BCUT2D eigenvalue weighted by Crippen LogP contribution is -2.32. The van der Waals surface area contributed by atoms with Crippen molar-refractivity contribution in [2.24, 2.45) is 0 Å². The summed E-state index contributed by atoms with van der Waals surface area (Å²) in [5, 5.41) is 2.96. The third-order valence-corrected chi connectivity index (χ3v) is 4.10. The molecule has 0 radical (unpaired) electrons. The number of carbonyl (C=O) groups is 1. The van der Waals surface area contributed by atoms with Crippen molar-refractivity contribution in [3.05, 3.63) is 59.2 Å². The number of rotatable bonds is 2. The molecule has 3 nitrogen and oxygen atoms in total. The SMILES string of the molecule is COc1ccc2c(c1)C(C)(c1ccc(C)cc1)C(=O)N2. The topological polar surface area (TPSA) is 38.3 Å². The number of aryl methyl sites for hydroxylation is 1. The first-order valence-electron chi connectivity index (χ1n) is 6.63. The number of methoxy groups -OCH3 is 1. The van der Waals surface area contributed by atoms with Crippen LogP contribution >= 0.6 is 0 Å². The molecular weight excluding hydrogens is 250 g/mol. The van der Waals surface area contributed by atoms with Crippen LogP contribution in [-0.4, -0.2) is 13.0 Å². The molecule has 1 atom stereocenters. The number of hydrogen-bond acceptors (Lipinski definition) is 2. The smallest absolute Gasteiger partial charge is 0.239 e. The van der Waals surface area contributed by atoms with Crippen LogP contribution < -0.4 is 10.1 Å². The Morgan fingerprint density at radius 3 is 2.45 bits per heavy atom. The maximum Gasteiger partial charge on any atom is 0.239 e. The van der Waals surface area contributed by atoms with Crippen LogP contribution in [0.4, 0.5) is 5.69 Å². The molecule has 0 saturated carbocycles. The normalized spacial score (nSPS) is 20.4. The molecule has 0 saturated heterocycles. The van der Waals surface area contributed by atoms with Crippen molar-refractivity contribution in [1.29, 1.82) is 0 Å². The zero-order chi connectivity index (χ0) is 14.3. The predicted octanol–water partition coefficient (Wildman–Crippen LogP) is 3.26. The van der Waals surface area contributed by atoms with E-state index in [1.165, 1.54) is 5.56 Å². The van der Waals surface area contributed by atoms with Crippen LogP contribution in [0.5, 0.6) is 5.75 Å². The van der Waals surface area contributed by atoms with Gasteiger partial charge < -0.3 is 10.1 Å². The van der Waals surface area contributed by atoms with Crippen molar-refractivity contribution >= 4 is 11.6 Å². The highest BCUT2D eigenvalue weighted by Crippen LogP contribution is 2.43. The molecule has 3 heteroatoms. The number of amides is 1. The lowest BCUT2D eigenvalue weighted by atomic mass is 9.77. The Kier molecular flexibility index (Phi) is 2.78. The van der Waals surface area contributed by atoms with Gasteiger partial charge in [-0.05, 0) is 43.2 Å². The molecule has 1 heterocycles. The van der Waals surface area contributed by atoms with Crippen LogP contribution in [0.25, 0.3) is 0 Å². The molecule has 0 bridgehead atoms. The average Bonchev–Trinajstić information content (AvgIpc) is 2.72. The maximum atomic E-state index is 12.5. The van der Waals surface area contributed by atoms with Gasteiger partial charge in [-0.15, -0.1) is 0 Å². The molecule has 0 aliphatic carbocycles. The number of benzene rings is 2. The zero-order valence-electron chi connectivity index (χ0n) is 11.9. The van der Waals surface area contributed by atoms with Crippen molar-refractivity contribution < 1.29 is 9.53 Å². The molecule has 1 aliphatic heterocycles. The summed E-state index contributed by atoms with van der Waals surface area (Å²) >= 11 is 0. The molecule has 0 fully saturated rings. The summed E-state index contributed by atoms with van der Waals surface area (Å²) < 4.78 is 5.28. The standard InChI is InChI=1S/C17H17NO2/c1-11-4-6-12(7-5-11)17(2)14-10-13(20-3)8-9-15(14)18-16(17)19/h4-10H,1-3H3,(H,18,19). The molecule has 2 aromatic carbocycles. The molecule has 0 aromatic heterocycles. The third kappa shape index (κ3) is 1.70. The largest absolute Gasteiger partial charge is 0.497 e. The summed E-state index contributed by atoms with van der Waals surface area (Å²) in [5.74, 6) is 0.767. The summed E-state index contributed by atoms with van der Waals surface area (Å²) in [6, 6.07) is 13.8. The molecule has 2 aromatic rings. The van der Waals surface area contributed by atoms with Gasteiger partial charge in [0.25, 0.3) is 0 Å². The van der Waals surface area contributed by atoms with Gasteiger partial charge >= 0.3 is 0 Å². The van der Waals surface area contributed by atoms with Crippen LogP contribution in [0.15, 0.2) is 42.5 Å². The van der Waals surface area contributed by atoms with Crippen molar-refractivity contribution in [1.82, 2.24) is 0 Å². The maximum absolute atomic E-state index is 12.5. The number of hydrogen-bond donors (Lipinski definition) is 1. The summed E-state index contributed by atoms with van der Waals surface area (Å²) in [6.07, 6.45) is 0. The van der Waals surface area contributed by atoms with Gasteiger partial charge in [0.2, 0.25) is 5.91 Å². The van der Waals surface area contributed by atoms with E-state index in [1.807, 2.05) is 56.3 Å². The fraction of sp³-hybridized carbons (Fsp3) is 0.235. The molecule has 0 spiro atoms. The van der Waals surface area contributed by atoms with Crippen molar-refractivity contribution in [3.63, 3.8) is 0 Å². The molecule has 20 heavy (non-hydrogen) atoms. The molecular formula is C17H17NO2. The van der Waals surface area contributed by atoms with Gasteiger partial charge in [0.05, 0.1) is 12.5 Å². The van der Waals surface area contributed by atoms with Crippen molar-refractivity contribution in [2.75, 3.05) is 12.4 Å². The van der Waals surface area contributed by atoms with Crippen LogP contribution in [0.1, 0.15) is 23.6 Å². The Morgan fingerprint density at radius 1 is 1.10 bits per heavy atom. The number of ether oxygens (including phenoxy) is 1. The van der Waals surface area contributed by atoms with Gasteiger partial charge in [-0.1, -0.05) is 29.8 Å². The van der Waals surface area contributed by atoms with Crippen molar-refractivity contribution in [2.45, 2.75) is 19.3 Å². The van der Waals surface area contributed by atoms with Gasteiger partial charge in [-0.2, -0.15) is 0 Å². The summed E-state index contributed by atoms with van der Waals surface area (Å²) in [4.78, 5) is 12.5. The first-order valence-corrected chi connectivity index (χ1v) is 6.63. The summed E-state index contributed by atoms with van der Waals surface area (Å²) in [7, 11) is 1.63. The number of carbonyl (C=O) groups excluding carboxylic acids is 1. The Bertz CT molecular complexity index is 676. The predicted molar refractivity (Wildman–Crippen MR) is 79.3 cm³/mol. The third-order valence-electron chi connectivity index (χ3n) is 4.10. The highest BCUT2D eigenvalue weighted by Gasteiger charge is 2.44. The summed E-state index contributed by atoms with van der Waals surface area (Å²) in [5.41, 5.74) is 3.33. The Labute approximate surface area is 118 Å². The quantitative estimate of drug-likeness (QED) is 0.907. The van der Waals surface area contributed by atoms with Crippen LogP contribution in [-0.2, 0) is 10.2 Å². The second-order valence-corrected chi connectivity index (χ2v) is 5.36. The first-order chi connectivity index (χ1) is 9.55. The molecule has 1 N–H and O–H groups in total. The van der Waals surface area contributed by atoms with Gasteiger partial charge in [-0.25, -0.2) is 0 Å². The lowest BCUT2D eigenvalue weighted by molar-refractivity contribution is -0.119. The summed E-state index contributed by atoms with van der Waals surface area (Å²) in [6.45, 7) is 4.00. The Balaban J connectivity index is 2.19. The molecule has 1 aliphatic rings. The van der Waals surface area contributed by atoms with Gasteiger partial charge in [0, 0.05) is 5.69 Å². The van der Waals surface area contributed by atoms with E-state index in [9.17, 15) is 4.79 Å². The van der Waals surface area contributed by atoms with E-state index < -0.39 is 5.41 Å². The van der Waals surface area contributed by atoms with Gasteiger partial charge in [-0.3, -0.25) is 4.79 Å². The van der Waals surface area contributed by atoms with Crippen molar-refractivity contribution in [3.8, 4) is 5.75 Å². The Hall–Kier alpha value is -2.29. The van der Waals surface area contributed by atoms with E-state index in [0.29, 0.717) is 0 Å². The highest BCUT2D eigenvalue weighted by molar-refractivity contribution is 6.08. The average molecular weight is 267 g/mol. The first kappa shape index (κ1) is 12.7.